The molecule has 0 fully saturated rings. The van der Waals surface area contributed by atoms with Crippen LogP contribution in [-0.2, 0) is 5.41 Å². The molecule has 0 saturated heterocycles. The van der Waals surface area contributed by atoms with Gasteiger partial charge in [0.25, 0.3) is 0 Å². The fourth-order valence-electron chi connectivity index (χ4n) is 3.68. The second-order valence-electron chi connectivity index (χ2n) is 8.85. The molecule has 3 aromatic heterocycles. The average molecular weight is 396 g/mol. The van der Waals surface area contributed by atoms with Crippen LogP contribution in [0.5, 0.6) is 0 Å². The van der Waals surface area contributed by atoms with Crippen molar-refractivity contribution in [1.82, 2.24) is 29.4 Å². The van der Waals surface area contributed by atoms with Crippen molar-refractivity contribution in [2.24, 2.45) is 0 Å². The maximum absolute atomic E-state index is 4.70. The van der Waals surface area contributed by atoms with Crippen LogP contribution >= 0.6 is 0 Å². The summed E-state index contributed by atoms with van der Waals surface area (Å²) in [6, 6.07) is 14.8. The highest BCUT2D eigenvalue weighted by Crippen LogP contribution is 2.27. The molecule has 0 N–H and O–H groups in total. The fourth-order valence-corrected chi connectivity index (χ4v) is 3.68. The Morgan fingerprint density at radius 3 is 2.30 bits per heavy atom. The first-order valence-electron chi connectivity index (χ1n) is 10.1. The lowest BCUT2D eigenvalue weighted by Gasteiger charge is -2.18. The van der Waals surface area contributed by atoms with Crippen LogP contribution in [0, 0.1) is 13.8 Å². The summed E-state index contributed by atoms with van der Waals surface area (Å²) >= 11 is 0. The minimum atomic E-state index is 0.113. The Morgan fingerprint density at radius 2 is 1.60 bits per heavy atom. The standard InChI is InChI=1S/C24H24N6/c1-15-6-11-19(12-16(15)2)30-22-20(13-26-30)23-28-27-21(29(23)14-25-22)17-7-9-18(10-8-17)24(3,4)5/h6-14H,1-5H3. The maximum Gasteiger partial charge on any atom is 0.175 e. The monoisotopic (exact) mass is 396 g/mol. The summed E-state index contributed by atoms with van der Waals surface area (Å²) < 4.78 is 3.79. The Morgan fingerprint density at radius 1 is 0.833 bits per heavy atom. The number of fused-ring (bicyclic) bond motifs is 3. The summed E-state index contributed by atoms with van der Waals surface area (Å²) in [6.07, 6.45) is 3.60. The van der Waals surface area contributed by atoms with E-state index in [1.54, 1.807) is 6.33 Å². The van der Waals surface area contributed by atoms with Crippen LogP contribution in [0.3, 0.4) is 0 Å². The molecule has 3 heterocycles. The Kier molecular flexibility index (Phi) is 4.00. The van der Waals surface area contributed by atoms with Gasteiger partial charge in [0.1, 0.15) is 6.33 Å². The maximum atomic E-state index is 4.70. The van der Waals surface area contributed by atoms with Crippen molar-refractivity contribution in [2.75, 3.05) is 0 Å². The van der Waals surface area contributed by atoms with E-state index in [0.717, 1.165) is 33.8 Å². The number of aryl methyl sites for hydroxylation is 2. The highest BCUT2D eigenvalue weighted by atomic mass is 15.3. The minimum absolute atomic E-state index is 0.113. The molecular formula is C24H24N6. The molecule has 5 aromatic rings. The SMILES string of the molecule is Cc1ccc(-n2ncc3c2ncn2c(-c4ccc(C(C)(C)C)cc4)nnc32)cc1C. The van der Waals surface area contributed by atoms with Gasteiger partial charge >= 0.3 is 0 Å². The van der Waals surface area contributed by atoms with E-state index < -0.39 is 0 Å². The van der Waals surface area contributed by atoms with Crippen molar-refractivity contribution < 1.29 is 0 Å². The highest BCUT2D eigenvalue weighted by molar-refractivity contribution is 5.90. The summed E-state index contributed by atoms with van der Waals surface area (Å²) in [7, 11) is 0. The number of hydrogen-bond donors (Lipinski definition) is 0. The molecule has 0 atom stereocenters. The highest BCUT2D eigenvalue weighted by Gasteiger charge is 2.17. The first-order chi connectivity index (χ1) is 14.3. The lowest BCUT2D eigenvalue weighted by atomic mass is 9.87. The Bertz CT molecular complexity index is 1380. The smallest absolute Gasteiger partial charge is 0.175 e. The predicted molar refractivity (Wildman–Crippen MR) is 119 cm³/mol. The topological polar surface area (TPSA) is 60.9 Å². The minimum Gasteiger partial charge on any atom is -0.265 e. The number of aromatic nitrogens is 6. The van der Waals surface area contributed by atoms with E-state index >= 15 is 0 Å². The molecule has 5 rings (SSSR count). The molecule has 0 unspecified atom stereocenters. The summed E-state index contributed by atoms with van der Waals surface area (Å²) in [5.74, 6) is 0.777. The molecule has 0 saturated carbocycles. The van der Waals surface area contributed by atoms with Crippen LogP contribution in [0.25, 0.3) is 33.8 Å². The molecule has 0 aliphatic rings. The van der Waals surface area contributed by atoms with Crippen LogP contribution < -0.4 is 0 Å². The summed E-state index contributed by atoms with van der Waals surface area (Å²) in [4.78, 5) is 4.70. The molecule has 0 amide bonds. The van der Waals surface area contributed by atoms with Crippen LogP contribution in [0.15, 0.2) is 55.0 Å². The van der Waals surface area contributed by atoms with Gasteiger partial charge in [0, 0.05) is 5.56 Å². The average Bonchev–Trinajstić information content (AvgIpc) is 3.33. The second-order valence-corrected chi connectivity index (χ2v) is 8.85. The molecule has 0 bridgehead atoms. The van der Waals surface area contributed by atoms with Gasteiger partial charge < -0.3 is 0 Å². The molecular weight excluding hydrogens is 372 g/mol. The van der Waals surface area contributed by atoms with Crippen molar-refractivity contribution in [1.29, 1.82) is 0 Å². The second kappa shape index (κ2) is 6.49. The lowest BCUT2D eigenvalue weighted by molar-refractivity contribution is 0.590. The Balaban J connectivity index is 1.62. The normalized spacial score (nSPS) is 12.2. The number of rotatable bonds is 2. The zero-order chi connectivity index (χ0) is 21.0. The Hall–Kier alpha value is -3.54. The molecule has 6 nitrogen and oxygen atoms in total. The lowest BCUT2D eigenvalue weighted by Crippen LogP contribution is -2.10. The molecule has 0 aliphatic carbocycles. The van der Waals surface area contributed by atoms with Gasteiger partial charge in [-0.05, 0) is 48.1 Å². The van der Waals surface area contributed by atoms with Crippen molar-refractivity contribution in [3.63, 3.8) is 0 Å². The van der Waals surface area contributed by atoms with Gasteiger partial charge in [-0.1, -0.05) is 51.1 Å². The van der Waals surface area contributed by atoms with E-state index in [0.29, 0.717) is 0 Å². The first kappa shape index (κ1) is 18.5. The van der Waals surface area contributed by atoms with Crippen molar-refractivity contribution in [2.45, 2.75) is 40.0 Å². The van der Waals surface area contributed by atoms with Gasteiger partial charge in [-0.3, -0.25) is 4.40 Å². The molecule has 30 heavy (non-hydrogen) atoms. The molecule has 2 aromatic carbocycles. The Labute approximate surface area is 175 Å². The van der Waals surface area contributed by atoms with E-state index in [9.17, 15) is 0 Å². The fraction of sp³-hybridized carbons (Fsp3) is 0.250. The van der Waals surface area contributed by atoms with Crippen molar-refractivity contribution in [3.8, 4) is 17.1 Å². The number of nitrogens with zero attached hydrogens (tertiary/aromatic N) is 6. The molecule has 0 radical (unpaired) electrons. The van der Waals surface area contributed by atoms with Crippen LogP contribution in [-0.4, -0.2) is 29.4 Å². The first-order valence-corrected chi connectivity index (χ1v) is 10.1. The van der Waals surface area contributed by atoms with Gasteiger partial charge in [-0.15, -0.1) is 10.2 Å². The summed E-state index contributed by atoms with van der Waals surface area (Å²) in [5.41, 5.74) is 7.40. The molecule has 0 spiro atoms. The summed E-state index contributed by atoms with van der Waals surface area (Å²) in [6.45, 7) is 10.8. The third-order valence-corrected chi connectivity index (χ3v) is 5.72. The van der Waals surface area contributed by atoms with E-state index in [1.807, 2.05) is 15.3 Å². The van der Waals surface area contributed by atoms with Crippen molar-refractivity contribution >= 4 is 16.7 Å². The summed E-state index contributed by atoms with van der Waals surface area (Å²) in [5, 5.41) is 14.4. The van der Waals surface area contributed by atoms with E-state index in [1.165, 1.54) is 16.7 Å². The third-order valence-electron chi connectivity index (χ3n) is 5.72. The van der Waals surface area contributed by atoms with Gasteiger partial charge in [-0.2, -0.15) is 5.10 Å². The number of benzene rings is 2. The van der Waals surface area contributed by atoms with Crippen LogP contribution in [0.4, 0.5) is 0 Å². The van der Waals surface area contributed by atoms with Gasteiger partial charge in [0.2, 0.25) is 0 Å². The zero-order valence-electron chi connectivity index (χ0n) is 17.9. The molecule has 6 heteroatoms. The van der Waals surface area contributed by atoms with Gasteiger partial charge in [-0.25, -0.2) is 9.67 Å². The predicted octanol–water partition coefficient (Wildman–Crippen LogP) is 5.04. The molecule has 150 valence electrons. The van der Waals surface area contributed by atoms with E-state index in [4.69, 9.17) is 4.98 Å². The largest absolute Gasteiger partial charge is 0.265 e. The van der Waals surface area contributed by atoms with Crippen molar-refractivity contribution in [3.05, 3.63) is 71.7 Å². The third kappa shape index (κ3) is 2.87. The quantitative estimate of drug-likeness (QED) is 0.419. The van der Waals surface area contributed by atoms with Crippen LogP contribution in [0.2, 0.25) is 0 Å². The molecule has 0 aliphatic heterocycles. The van der Waals surface area contributed by atoms with E-state index in [-0.39, 0.29) is 5.41 Å². The number of hydrogen-bond acceptors (Lipinski definition) is 4. The van der Waals surface area contributed by atoms with Crippen LogP contribution in [0.1, 0.15) is 37.5 Å². The zero-order valence-corrected chi connectivity index (χ0v) is 17.9. The van der Waals surface area contributed by atoms with Gasteiger partial charge in [0.15, 0.2) is 17.1 Å². The van der Waals surface area contributed by atoms with Gasteiger partial charge in [0.05, 0.1) is 17.3 Å². The van der Waals surface area contributed by atoms with E-state index in [2.05, 4.69) is 92.4 Å².